The number of hydrogen-bond acceptors (Lipinski definition) is 2. The van der Waals surface area contributed by atoms with Gasteiger partial charge in [0.05, 0.1) is 0 Å². The van der Waals surface area contributed by atoms with E-state index >= 15 is 0 Å². The predicted molar refractivity (Wildman–Crippen MR) is 69.2 cm³/mol. The van der Waals surface area contributed by atoms with Gasteiger partial charge in [-0.2, -0.15) is 0 Å². The van der Waals surface area contributed by atoms with Gasteiger partial charge in [0.2, 0.25) is 0 Å². The van der Waals surface area contributed by atoms with E-state index in [1.165, 1.54) is 30.4 Å². The predicted octanol–water partition coefficient (Wildman–Crippen LogP) is 2.86. The Bertz CT molecular complexity index is 360. The average molecular weight is 218 g/mol. The Kier molecular flexibility index (Phi) is 3.49. The third-order valence-electron chi connectivity index (χ3n) is 3.62. The number of nitrogens with two attached hydrogens (primary N) is 1. The zero-order valence-electron chi connectivity index (χ0n) is 10.3. The number of benzene rings is 1. The molecule has 2 atom stereocenters. The lowest BCUT2D eigenvalue weighted by Crippen LogP contribution is -2.18. The molecule has 1 fully saturated rings. The van der Waals surface area contributed by atoms with Gasteiger partial charge in [-0.1, -0.05) is 25.5 Å². The summed E-state index contributed by atoms with van der Waals surface area (Å²) in [4.78, 5) is 0. The molecule has 3 N–H and O–H groups in total. The highest BCUT2D eigenvalue weighted by Crippen LogP contribution is 2.34. The van der Waals surface area contributed by atoms with Crippen LogP contribution in [0.15, 0.2) is 18.2 Å². The molecule has 88 valence electrons. The molecule has 2 nitrogen and oxygen atoms in total. The Balaban J connectivity index is 1.84. The van der Waals surface area contributed by atoms with E-state index in [0.717, 1.165) is 24.2 Å². The summed E-state index contributed by atoms with van der Waals surface area (Å²) >= 11 is 0. The van der Waals surface area contributed by atoms with Gasteiger partial charge in [0, 0.05) is 18.3 Å². The van der Waals surface area contributed by atoms with Gasteiger partial charge in [-0.25, -0.2) is 0 Å². The molecule has 0 saturated heterocycles. The first-order chi connectivity index (χ1) is 7.72. The van der Waals surface area contributed by atoms with Crippen LogP contribution >= 0.6 is 0 Å². The molecule has 1 saturated carbocycles. The lowest BCUT2D eigenvalue weighted by molar-refractivity contribution is 0.598. The standard InChI is InChI=1S/C14H22N2/c1-3-5-11-8-14(11)16-9-12-6-4-7-13(15)10(12)2/h4,6-7,11,14,16H,3,5,8-9,15H2,1-2H3. The van der Waals surface area contributed by atoms with Crippen LogP contribution in [-0.4, -0.2) is 6.04 Å². The van der Waals surface area contributed by atoms with E-state index < -0.39 is 0 Å². The fraction of sp³-hybridized carbons (Fsp3) is 0.571. The number of rotatable bonds is 5. The summed E-state index contributed by atoms with van der Waals surface area (Å²) in [6.45, 7) is 5.32. The molecule has 0 aliphatic heterocycles. The van der Waals surface area contributed by atoms with Crippen molar-refractivity contribution >= 4 is 5.69 Å². The Labute approximate surface area is 98.2 Å². The van der Waals surface area contributed by atoms with Crippen LogP contribution in [0.1, 0.15) is 37.3 Å². The van der Waals surface area contributed by atoms with Crippen molar-refractivity contribution in [2.24, 2.45) is 5.92 Å². The third kappa shape index (κ3) is 2.56. The van der Waals surface area contributed by atoms with Crippen LogP contribution < -0.4 is 11.1 Å². The molecule has 1 aromatic carbocycles. The second kappa shape index (κ2) is 4.88. The van der Waals surface area contributed by atoms with Crippen LogP contribution in [0.25, 0.3) is 0 Å². The van der Waals surface area contributed by atoms with E-state index in [0.29, 0.717) is 0 Å². The Morgan fingerprint density at radius 2 is 2.25 bits per heavy atom. The second-order valence-electron chi connectivity index (χ2n) is 4.90. The zero-order chi connectivity index (χ0) is 11.5. The Morgan fingerprint density at radius 3 is 3.00 bits per heavy atom. The molecule has 1 aliphatic rings. The lowest BCUT2D eigenvalue weighted by Gasteiger charge is -2.09. The molecule has 0 radical (unpaired) electrons. The number of hydrogen-bond donors (Lipinski definition) is 2. The van der Waals surface area contributed by atoms with Gasteiger partial charge in [-0.05, 0) is 42.9 Å². The average Bonchev–Trinajstić information content (AvgIpc) is 3.00. The Morgan fingerprint density at radius 1 is 1.44 bits per heavy atom. The van der Waals surface area contributed by atoms with Crippen molar-refractivity contribution in [1.29, 1.82) is 0 Å². The van der Waals surface area contributed by atoms with Crippen molar-refractivity contribution < 1.29 is 0 Å². The molecule has 1 aromatic rings. The maximum Gasteiger partial charge on any atom is 0.0346 e. The van der Waals surface area contributed by atoms with Crippen molar-refractivity contribution in [3.63, 3.8) is 0 Å². The maximum atomic E-state index is 5.89. The normalized spacial score (nSPS) is 23.4. The largest absolute Gasteiger partial charge is 0.399 e. The summed E-state index contributed by atoms with van der Waals surface area (Å²) in [6.07, 6.45) is 4.03. The van der Waals surface area contributed by atoms with Gasteiger partial charge < -0.3 is 11.1 Å². The van der Waals surface area contributed by atoms with Gasteiger partial charge in [-0.15, -0.1) is 0 Å². The first-order valence-electron chi connectivity index (χ1n) is 6.29. The van der Waals surface area contributed by atoms with Crippen molar-refractivity contribution in [2.45, 2.75) is 45.7 Å². The molecule has 0 bridgehead atoms. The highest BCUT2D eigenvalue weighted by molar-refractivity contribution is 5.49. The SMILES string of the molecule is CCCC1CC1NCc1cccc(N)c1C. The van der Waals surface area contributed by atoms with Gasteiger partial charge in [0.25, 0.3) is 0 Å². The van der Waals surface area contributed by atoms with Crippen LogP contribution in [0.5, 0.6) is 0 Å². The molecule has 0 heterocycles. The van der Waals surface area contributed by atoms with Gasteiger partial charge in [-0.3, -0.25) is 0 Å². The summed E-state index contributed by atoms with van der Waals surface area (Å²) in [5, 5.41) is 3.62. The minimum Gasteiger partial charge on any atom is -0.399 e. The fourth-order valence-corrected chi connectivity index (χ4v) is 2.32. The summed E-state index contributed by atoms with van der Waals surface area (Å²) in [5.41, 5.74) is 9.35. The van der Waals surface area contributed by atoms with Crippen LogP contribution in [0.4, 0.5) is 5.69 Å². The van der Waals surface area contributed by atoms with E-state index in [-0.39, 0.29) is 0 Å². The van der Waals surface area contributed by atoms with Crippen molar-refractivity contribution in [3.8, 4) is 0 Å². The van der Waals surface area contributed by atoms with Crippen LogP contribution in [0, 0.1) is 12.8 Å². The molecule has 16 heavy (non-hydrogen) atoms. The van der Waals surface area contributed by atoms with Crippen LogP contribution in [0.3, 0.4) is 0 Å². The molecule has 0 amide bonds. The summed E-state index contributed by atoms with van der Waals surface area (Å²) < 4.78 is 0. The van der Waals surface area contributed by atoms with Gasteiger partial charge in [0.15, 0.2) is 0 Å². The van der Waals surface area contributed by atoms with E-state index in [1.807, 2.05) is 12.1 Å². The lowest BCUT2D eigenvalue weighted by atomic mass is 10.1. The summed E-state index contributed by atoms with van der Waals surface area (Å²) in [5.74, 6) is 0.923. The zero-order valence-corrected chi connectivity index (χ0v) is 10.3. The van der Waals surface area contributed by atoms with E-state index in [4.69, 9.17) is 5.73 Å². The van der Waals surface area contributed by atoms with Gasteiger partial charge >= 0.3 is 0 Å². The molecule has 0 spiro atoms. The minimum atomic E-state index is 0.751. The molecule has 2 rings (SSSR count). The van der Waals surface area contributed by atoms with Crippen LogP contribution in [0.2, 0.25) is 0 Å². The van der Waals surface area contributed by atoms with E-state index in [1.54, 1.807) is 0 Å². The van der Waals surface area contributed by atoms with Crippen molar-refractivity contribution in [1.82, 2.24) is 5.32 Å². The number of anilines is 1. The van der Waals surface area contributed by atoms with E-state index in [9.17, 15) is 0 Å². The van der Waals surface area contributed by atoms with Crippen molar-refractivity contribution in [2.75, 3.05) is 5.73 Å². The van der Waals surface area contributed by atoms with Gasteiger partial charge in [0.1, 0.15) is 0 Å². The second-order valence-corrected chi connectivity index (χ2v) is 4.90. The number of nitrogen functional groups attached to an aromatic ring is 1. The molecule has 2 unspecified atom stereocenters. The monoisotopic (exact) mass is 218 g/mol. The Hall–Kier alpha value is -1.02. The molecule has 1 aliphatic carbocycles. The number of nitrogens with one attached hydrogen (secondary N) is 1. The smallest absolute Gasteiger partial charge is 0.0346 e. The molecule has 0 aromatic heterocycles. The first-order valence-corrected chi connectivity index (χ1v) is 6.29. The quantitative estimate of drug-likeness (QED) is 0.746. The highest BCUT2D eigenvalue weighted by Gasteiger charge is 2.35. The maximum absolute atomic E-state index is 5.89. The van der Waals surface area contributed by atoms with Crippen LogP contribution in [-0.2, 0) is 6.54 Å². The molecular formula is C14H22N2. The highest BCUT2D eigenvalue weighted by atomic mass is 15.0. The third-order valence-corrected chi connectivity index (χ3v) is 3.62. The van der Waals surface area contributed by atoms with E-state index in [2.05, 4.69) is 25.2 Å². The topological polar surface area (TPSA) is 38.0 Å². The molecular weight excluding hydrogens is 196 g/mol. The summed E-state index contributed by atoms with van der Waals surface area (Å²) in [6, 6.07) is 6.92. The van der Waals surface area contributed by atoms with Crippen molar-refractivity contribution in [3.05, 3.63) is 29.3 Å². The first kappa shape index (κ1) is 11.5. The minimum absolute atomic E-state index is 0.751. The fourth-order valence-electron chi connectivity index (χ4n) is 2.32. The molecule has 2 heteroatoms. The summed E-state index contributed by atoms with van der Waals surface area (Å²) in [7, 11) is 0.